The van der Waals surface area contributed by atoms with Crippen molar-refractivity contribution in [3.8, 4) is 0 Å². The van der Waals surface area contributed by atoms with Crippen LogP contribution in [0.3, 0.4) is 0 Å². The lowest BCUT2D eigenvalue weighted by Gasteiger charge is -2.06. The van der Waals surface area contributed by atoms with Gasteiger partial charge in [-0.1, -0.05) is 42.0 Å². The summed E-state index contributed by atoms with van der Waals surface area (Å²) in [5, 5.41) is 3.33. The Morgan fingerprint density at radius 2 is 1.78 bits per heavy atom. The molecule has 0 saturated heterocycles. The molecule has 0 aliphatic carbocycles. The maximum atomic E-state index is 13.0. The summed E-state index contributed by atoms with van der Waals surface area (Å²) in [4.78, 5) is 0. The van der Waals surface area contributed by atoms with Crippen molar-refractivity contribution in [2.24, 2.45) is 0 Å². The van der Waals surface area contributed by atoms with E-state index in [2.05, 4.69) is 36.5 Å². The van der Waals surface area contributed by atoms with E-state index in [1.54, 1.807) is 12.1 Å². The van der Waals surface area contributed by atoms with Crippen molar-refractivity contribution in [3.05, 3.63) is 71.0 Å². The molecule has 1 N–H and O–H groups in total. The minimum absolute atomic E-state index is 0.173. The lowest BCUT2D eigenvalue weighted by Crippen LogP contribution is -2.16. The molecule has 0 saturated carbocycles. The van der Waals surface area contributed by atoms with E-state index in [4.69, 9.17) is 0 Å². The van der Waals surface area contributed by atoms with Gasteiger partial charge in [0.2, 0.25) is 0 Å². The molecule has 2 rings (SSSR count). The van der Waals surface area contributed by atoms with Crippen molar-refractivity contribution in [2.45, 2.75) is 19.9 Å². The van der Waals surface area contributed by atoms with Gasteiger partial charge < -0.3 is 5.32 Å². The van der Waals surface area contributed by atoms with Crippen molar-refractivity contribution in [1.82, 2.24) is 5.32 Å². The number of benzene rings is 2. The fourth-order valence-electron chi connectivity index (χ4n) is 1.98. The highest BCUT2D eigenvalue weighted by Crippen LogP contribution is 2.05. The highest BCUT2D eigenvalue weighted by molar-refractivity contribution is 5.22. The Kier molecular flexibility index (Phi) is 4.48. The second-order valence-electron chi connectivity index (χ2n) is 4.55. The molecule has 0 radical (unpaired) electrons. The molecular weight excluding hydrogens is 225 g/mol. The molecule has 2 aromatic rings. The molecule has 2 heteroatoms. The van der Waals surface area contributed by atoms with Crippen LogP contribution in [0.25, 0.3) is 0 Å². The molecule has 0 atom stereocenters. The van der Waals surface area contributed by atoms with Crippen molar-refractivity contribution >= 4 is 0 Å². The molecular formula is C16H18FN. The Hall–Kier alpha value is -1.67. The van der Waals surface area contributed by atoms with Gasteiger partial charge in [-0.25, -0.2) is 4.39 Å². The second kappa shape index (κ2) is 6.31. The lowest BCUT2D eigenvalue weighted by atomic mass is 10.1. The molecule has 0 aliphatic rings. The highest BCUT2D eigenvalue weighted by atomic mass is 19.1. The topological polar surface area (TPSA) is 12.0 Å². The first kappa shape index (κ1) is 12.8. The van der Waals surface area contributed by atoms with Crippen molar-refractivity contribution in [1.29, 1.82) is 0 Å². The van der Waals surface area contributed by atoms with E-state index in [0.29, 0.717) is 6.54 Å². The summed E-state index contributed by atoms with van der Waals surface area (Å²) < 4.78 is 13.0. The van der Waals surface area contributed by atoms with Gasteiger partial charge in [-0.15, -0.1) is 0 Å². The molecule has 94 valence electrons. The van der Waals surface area contributed by atoms with Crippen LogP contribution in [0.5, 0.6) is 0 Å². The predicted molar refractivity (Wildman–Crippen MR) is 73.0 cm³/mol. The van der Waals surface area contributed by atoms with Crippen LogP contribution in [-0.4, -0.2) is 6.54 Å². The Balaban J connectivity index is 1.76. The standard InChI is InChI=1S/C16H18FN/c1-13-4-2-5-14(10-13)8-9-18-12-15-6-3-7-16(17)11-15/h2-7,10-11,18H,8-9,12H2,1H3. The fourth-order valence-corrected chi connectivity index (χ4v) is 1.98. The number of hydrogen-bond acceptors (Lipinski definition) is 1. The van der Waals surface area contributed by atoms with E-state index in [-0.39, 0.29) is 5.82 Å². The number of nitrogens with one attached hydrogen (secondary N) is 1. The SMILES string of the molecule is Cc1cccc(CCNCc2cccc(F)c2)c1. The van der Waals surface area contributed by atoms with Gasteiger partial charge >= 0.3 is 0 Å². The number of hydrogen-bond donors (Lipinski definition) is 1. The first-order valence-electron chi connectivity index (χ1n) is 6.25. The smallest absolute Gasteiger partial charge is 0.123 e. The third-order valence-corrected chi connectivity index (χ3v) is 2.89. The number of halogens is 1. The molecule has 18 heavy (non-hydrogen) atoms. The lowest BCUT2D eigenvalue weighted by molar-refractivity contribution is 0.620. The van der Waals surface area contributed by atoms with E-state index in [1.807, 2.05) is 6.07 Å². The average molecular weight is 243 g/mol. The molecule has 0 unspecified atom stereocenters. The molecule has 0 aromatic heterocycles. The van der Waals surface area contributed by atoms with Crippen LogP contribution in [0.15, 0.2) is 48.5 Å². The third-order valence-electron chi connectivity index (χ3n) is 2.89. The van der Waals surface area contributed by atoms with Crippen LogP contribution in [0.1, 0.15) is 16.7 Å². The molecule has 0 amide bonds. The normalized spacial score (nSPS) is 10.6. The monoisotopic (exact) mass is 243 g/mol. The van der Waals surface area contributed by atoms with E-state index >= 15 is 0 Å². The van der Waals surface area contributed by atoms with Gasteiger partial charge in [0.1, 0.15) is 5.82 Å². The van der Waals surface area contributed by atoms with Gasteiger partial charge in [0.15, 0.2) is 0 Å². The first-order chi connectivity index (χ1) is 8.74. The molecule has 0 aliphatic heterocycles. The number of rotatable bonds is 5. The Morgan fingerprint density at radius 3 is 2.56 bits per heavy atom. The zero-order chi connectivity index (χ0) is 12.8. The van der Waals surface area contributed by atoms with Crippen LogP contribution in [0.2, 0.25) is 0 Å². The average Bonchev–Trinajstić information content (AvgIpc) is 2.35. The highest BCUT2D eigenvalue weighted by Gasteiger charge is 1.96. The van der Waals surface area contributed by atoms with Crippen LogP contribution < -0.4 is 5.32 Å². The van der Waals surface area contributed by atoms with E-state index < -0.39 is 0 Å². The van der Waals surface area contributed by atoms with Crippen molar-refractivity contribution in [2.75, 3.05) is 6.54 Å². The summed E-state index contributed by atoms with van der Waals surface area (Å²) in [6.07, 6.45) is 0.997. The summed E-state index contributed by atoms with van der Waals surface area (Å²) in [5.74, 6) is -0.173. The summed E-state index contributed by atoms with van der Waals surface area (Å²) in [6.45, 7) is 3.72. The maximum absolute atomic E-state index is 13.0. The zero-order valence-electron chi connectivity index (χ0n) is 10.6. The van der Waals surface area contributed by atoms with Crippen molar-refractivity contribution in [3.63, 3.8) is 0 Å². The van der Waals surface area contributed by atoms with Crippen LogP contribution in [0, 0.1) is 12.7 Å². The Labute approximate surface area is 108 Å². The minimum Gasteiger partial charge on any atom is -0.312 e. The Bertz CT molecular complexity index is 460. The quantitative estimate of drug-likeness (QED) is 0.793. The summed E-state index contributed by atoms with van der Waals surface area (Å²) in [5.41, 5.74) is 3.61. The molecule has 2 aromatic carbocycles. The molecule has 1 nitrogen and oxygen atoms in total. The maximum Gasteiger partial charge on any atom is 0.123 e. The molecule has 0 bridgehead atoms. The predicted octanol–water partition coefficient (Wildman–Crippen LogP) is 3.47. The van der Waals surface area contributed by atoms with E-state index in [1.165, 1.54) is 17.2 Å². The summed E-state index contributed by atoms with van der Waals surface area (Å²) >= 11 is 0. The largest absolute Gasteiger partial charge is 0.312 e. The fraction of sp³-hybridized carbons (Fsp3) is 0.250. The van der Waals surface area contributed by atoms with Gasteiger partial charge in [0, 0.05) is 6.54 Å². The van der Waals surface area contributed by atoms with E-state index in [0.717, 1.165) is 18.5 Å². The Morgan fingerprint density at radius 1 is 1.00 bits per heavy atom. The minimum atomic E-state index is -0.173. The summed E-state index contributed by atoms with van der Waals surface area (Å²) in [6, 6.07) is 15.2. The molecule has 0 fully saturated rings. The zero-order valence-corrected chi connectivity index (χ0v) is 10.6. The van der Waals surface area contributed by atoms with Crippen LogP contribution >= 0.6 is 0 Å². The van der Waals surface area contributed by atoms with E-state index in [9.17, 15) is 4.39 Å². The van der Waals surface area contributed by atoms with Crippen LogP contribution in [0.4, 0.5) is 4.39 Å². The first-order valence-corrected chi connectivity index (χ1v) is 6.25. The van der Waals surface area contributed by atoms with Gasteiger partial charge in [-0.05, 0) is 43.1 Å². The van der Waals surface area contributed by atoms with Gasteiger partial charge in [0.25, 0.3) is 0 Å². The second-order valence-corrected chi connectivity index (χ2v) is 4.55. The number of aryl methyl sites for hydroxylation is 1. The van der Waals surface area contributed by atoms with Gasteiger partial charge in [-0.2, -0.15) is 0 Å². The molecule has 0 heterocycles. The van der Waals surface area contributed by atoms with Gasteiger partial charge in [0.05, 0.1) is 0 Å². The van der Waals surface area contributed by atoms with Gasteiger partial charge in [-0.3, -0.25) is 0 Å². The summed E-state index contributed by atoms with van der Waals surface area (Å²) in [7, 11) is 0. The van der Waals surface area contributed by atoms with Crippen LogP contribution in [-0.2, 0) is 13.0 Å². The van der Waals surface area contributed by atoms with Crippen molar-refractivity contribution < 1.29 is 4.39 Å². The molecule has 0 spiro atoms. The third kappa shape index (κ3) is 3.97.